The normalized spacial score (nSPS) is 12.8. The fourth-order valence-electron chi connectivity index (χ4n) is 2.57. The molecular weight excluding hydrogens is 267 g/mol. The van der Waals surface area contributed by atoms with E-state index in [0.29, 0.717) is 0 Å². The molecule has 0 saturated heterocycles. The summed E-state index contributed by atoms with van der Waals surface area (Å²) < 4.78 is 2.06. The minimum atomic E-state index is 0.719. The third-order valence-corrected chi connectivity index (χ3v) is 3.82. The average molecular weight is 275 g/mol. The van der Waals surface area contributed by atoms with E-state index in [1.165, 1.54) is 16.8 Å². The molecule has 1 aliphatic carbocycles. The number of rotatable bonds is 0. The monoisotopic (exact) mass is 274 g/mol. The Hall–Kier alpha value is -1.51. The molecule has 0 amide bonds. The van der Waals surface area contributed by atoms with Crippen molar-refractivity contribution in [1.29, 1.82) is 0 Å². The SMILES string of the molecule is Clc1ccc2c(c1)Cc1c-2nc2ccc(Cl)cn12. The number of benzene rings is 1. The Morgan fingerprint density at radius 3 is 2.78 bits per heavy atom. The van der Waals surface area contributed by atoms with E-state index in [1.54, 1.807) is 0 Å². The summed E-state index contributed by atoms with van der Waals surface area (Å²) in [4.78, 5) is 4.67. The first kappa shape index (κ1) is 10.4. The highest BCUT2D eigenvalue weighted by Gasteiger charge is 2.24. The summed E-state index contributed by atoms with van der Waals surface area (Å²) in [5.41, 5.74) is 5.57. The third-order valence-electron chi connectivity index (χ3n) is 3.36. The van der Waals surface area contributed by atoms with Gasteiger partial charge in [-0.05, 0) is 29.8 Å². The summed E-state index contributed by atoms with van der Waals surface area (Å²) >= 11 is 12.1. The average Bonchev–Trinajstić information content (AvgIpc) is 2.84. The van der Waals surface area contributed by atoms with Crippen LogP contribution in [0.4, 0.5) is 0 Å². The van der Waals surface area contributed by atoms with Crippen molar-refractivity contribution in [2.75, 3.05) is 0 Å². The number of hydrogen-bond acceptors (Lipinski definition) is 1. The highest BCUT2D eigenvalue weighted by atomic mass is 35.5. The van der Waals surface area contributed by atoms with Crippen LogP contribution in [0.3, 0.4) is 0 Å². The van der Waals surface area contributed by atoms with Crippen molar-refractivity contribution in [3.8, 4) is 11.3 Å². The Bertz CT molecular complexity index is 790. The molecule has 4 rings (SSSR count). The molecule has 1 aromatic carbocycles. The van der Waals surface area contributed by atoms with Crippen LogP contribution in [0.5, 0.6) is 0 Å². The van der Waals surface area contributed by atoms with Gasteiger partial charge < -0.3 is 4.40 Å². The molecule has 0 bridgehead atoms. The Morgan fingerprint density at radius 1 is 1.06 bits per heavy atom. The van der Waals surface area contributed by atoms with E-state index < -0.39 is 0 Å². The Balaban J connectivity index is 2.04. The number of nitrogens with zero attached hydrogens (tertiary/aromatic N) is 2. The molecule has 2 aromatic heterocycles. The molecule has 2 heterocycles. The first-order chi connectivity index (χ1) is 8.72. The molecule has 3 aromatic rings. The number of halogens is 2. The lowest BCUT2D eigenvalue weighted by Gasteiger charge is -2.00. The van der Waals surface area contributed by atoms with E-state index in [9.17, 15) is 0 Å². The number of aromatic nitrogens is 2. The van der Waals surface area contributed by atoms with Crippen molar-refractivity contribution >= 4 is 28.8 Å². The summed E-state index contributed by atoms with van der Waals surface area (Å²) in [5.74, 6) is 0. The molecule has 88 valence electrons. The van der Waals surface area contributed by atoms with Gasteiger partial charge in [-0.3, -0.25) is 0 Å². The molecule has 0 atom stereocenters. The van der Waals surface area contributed by atoms with Crippen molar-refractivity contribution in [2.24, 2.45) is 0 Å². The van der Waals surface area contributed by atoms with Gasteiger partial charge in [0.1, 0.15) is 5.65 Å². The van der Waals surface area contributed by atoms with Gasteiger partial charge in [0.2, 0.25) is 0 Å². The van der Waals surface area contributed by atoms with Gasteiger partial charge in [-0.25, -0.2) is 4.98 Å². The molecular formula is C14H8Cl2N2. The van der Waals surface area contributed by atoms with E-state index in [2.05, 4.69) is 9.38 Å². The second kappa shape index (κ2) is 3.50. The van der Waals surface area contributed by atoms with Gasteiger partial charge >= 0.3 is 0 Å². The number of pyridine rings is 1. The van der Waals surface area contributed by atoms with Gasteiger partial charge in [-0.15, -0.1) is 0 Å². The van der Waals surface area contributed by atoms with Crippen LogP contribution in [-0.2, 0) is 6.42 Å². The predicted octanol–water partition coefficient (Wildman–Crippen LogP) is 4.21. The minimum absolute atomic E-state index is 0.719. The summed E-state index contributed by atoms with van der Waals surface area (Å²) in [6.45, 7) is 0. The molecule has 0 spiro atoms. The Morgan fingerprint density at radius 2 is 1.89 bits per heavy atom. The maximum Gasteiger partial charge on any atom is 0.137 e. The number of imidazole rings is 1. The zero-order valence-electron chi connectivity index (χ0n) is 9.32. The van der Waals surface area contributed by atoms with Crippen molar-refractivity contribution in [3.63, 3.8) is 0 Å². The van der Waals surface area contributed by atoms with Crippen molar-refractivity contribution in [3.05, 3.63) is 57.8 Å². The third kappa shape index (κ3) is 1.33. The second-order valence-corrected chi connectivity index (χ2v) is 5.33. The smallest absolute Gasteiger partial charge is 0.137 e. The van der Waals surface area contributed by atoms with Gasteiger partial charge in [0.25, 0.3) is 0 Å². The highest BCUT2D eigenvalue weighted by Crippen LogP contribution is 2.37. The molecule has 0 unspecified atom stereocenters. The van der Waals surface area contributed by atoms with E-state index in [-0.39, 0.29) is 0 Å². The maximum atomic E-state index is 6.04. The van der Waals surface area contributed by atoms with Gasteiger partial charge in [0.15, 0.2) is 0 Å². The fourth-order valence-corrected chi connectivity index (χ4v) is 2.93. The van der Waals surface area contributed by atoms with Gasteiger partial charge in [0, 0.05) is 23.2 Å². The van der Waals surface area contributed by atoms with Gasteiger partial charge in [0.05, 0.1) is 16.4 Å². The Kier molecular flexibility index (Phi) is 2.02. The fraction of sp³-hybridized carbons (Fsp3) is 0.0714. The zero-order valence-corrected chi connectivity index (χ0v) is 10.8. The van der Waals surface area contributed by atoms with E-state index in [0.717, 1.165) is 27.8 Å². The van der Waals surface area contributed by atoms with Gasteiger partial charge in [-0.2, -0.15) is 0 Å². The molecule has 0 aliphatic heterocycles. The van der Waals surface area contributed by atoms with Crippen LogP contribution in [0.15, 0.2) is 36.5 Å². The quantitative estimate of drug-likeness (QED) is 0.470. The predicted molar refractivity (Wildman–Crippen MR) is 73.5 cm³/mol. The van der Waals surface area contributed by atoms with Gasteiger partial charge in [-0.1, -0.05) is 29.3 Å². The van der Waals surface area contributed by atoms with Crippen LogP contribution in [0.25, 0.3) is 16.9 Å². The highest BCUT2D eigenvalue weighted by molar-refractivity contribution is 6.31. The lowest BCUT2D eigenvalue weighted by Crippen LogP contribution is -1.91. The lowest BCUT2D eigenvalue weighted by molar-refractivity contribution is 1.05. The second-order valence-electron chi connectivity index (χ2n) is 4.46. The summed E-state index contributed by atoms with van der Waals surface area (Å²) in [6, 6.07) is 9.76. The van der Waals surface area contributed by atoms with Crippen molar-refractivity contribution < 1.29 is 0 Å². The lowest BCUT2D eigenvalue weighted by atomic mass is 10.1. The topological polar surface area (TPSA) is 17.3 Å². The van der Waals surface area contributed by atoms with Crippen LogP contribution in [0.1, 0.15) is 11.3 Å². The van der Waals surface area contributed by atoms with E-state index >= 15 is 0 Å². The zero-order chi connectivity index (χ0) is 12.3. The van der Waals surface area contributed by atoms with E-state index in [1.807, 2.05) is 36.5 Å². The summed E-state index contributed by atoms with van der Waals surface area (Å²) in [7, 11) is 0. The summed E-state index contributed by atoms with van der Waals surface area (Å²) in [6.07, 6.45) is 2.77. The molecule has 1 aliphatic rings. The molecule has 0 N–H and O–H groups in total. The van der Waals surface area contributed by atoms with E-state index in [4.69, 9.17) is 23.2 Å². The van der Waals surface area contributed by atoms with Crippen LogP contribution < -0.4 is 0 Å². The van der Waals surface area contributed by atoms with Crippen LogP contribution in [-0.4, -0.2) is 9.38 Å². The number of hydrogen-bond donors (Lipinski definition) is 0. The molecule has 4 heteroatoms. The number of fused-ring (bicyclic) bond motifs is 5. The maximum absolute atomic E-state index is 6.04. The largest absolute Gasteiger partial charge is 0.302 e. The van der Waals surface area contributed by atoms with Crippen molar-refractivity contribution in [2.45, 2.75) is 6.42 Å². The van der Waals surface area contributed by atoms with Crippen LogP contribution in [0, 0.1) is 0 Å². The molecule has 0 radical (unpaired) electrons. The van der Waals surface area contributed by atoms with Crippen LogP contribution >= 0.6 is 23.2 Å². The minimum Gasteiger partial charge on any atom is -0.302 e. The summed E-state index contributed by atoms with van der Waals surface area (Å²) in [5, 5.41) is 1.49. The standard InChI is InChI=1S/C14H8Cl2N2/c15-9-1-3-11-8(5-9)6-12-14(11)17-13-4-2-10(16)7-18(12)13/h1-5,7H,6H2. The molecule has 0 fully saturated rings. The van der Waals surface area contributed by atoms with Crippen molar-refractivity contribution in [1.82, 2.24) is 9.38 Å². The Labute approximate surface area is 114 Å². The molecule has 2 nitrogen and oxygen atoms in total. The molecule has 18 heavy (non-hydrogen) atoms. The first-order valence-electron chi connectivity index (χ1n) is 5.68. The first-order valence-corrected chi connectivity index (χ1v) is 6.43. The van der Waals surface area contributed by atoms with Crippen LogP contribution in [0.2, 0.25) is 10.0 Å². The molecule has 0 saturated carbocycles.